The number of carboxylic acid groups (broad SMARTS) is 1. The molecule has 0 aromatic rings. The largest absolute Gasteiger partial charge is 0.481 e. The Morgan fingerprint density at radius 3 is 2.23 bits per heavy atom. The second-order valence-electron chi connectivity index (χ2n) is 7.61. The Labute approximate surface area is 155 Å². The lowest BCUT2D eigenvalue weighted by molar-refractivity contribution is -0.199. The fraction of sp³-hybridized carbons (Fsp3) is 0.842. The molecule has 7 nitrogen and oxygen atoms in total. The highest BCUT2D eigenvalue weighted by Gasteiger charge is 2.45. The van der Waals surface area contributed by atoms with Crippen molar-refractivity contribution >= 4 is 17.9 Å². The maximum Gasteiger partial charge on any atom is 0.326 e. The number of hydrogen-bond donors (Lipinski definition) is 2. The van der Waals surface area contributed by atoms with E-state index in [0.29, 0.717) is 19.3 Å². The zero-order valence-corrected chi connectivity index (χ0v) is 16.2. The smallest absolute Gasteiger partial charge is 0.326 e. The van der Waals surface area contributed by atoms with Crippen molar-refractivity contribution in [3.8, 4) is 0 Å². The lowest BCUT2D eigenvalue weighted by atomic mass is 9.67. The summed E-state index contributed by atoms with van der Waals surface area (Å²) < 4.78 is 10.7. The second-order valence-corrected chi connectivity index (χ2v) is 7.61. The molecule has 26 heavy (non-hydrogen) atoms. The van der Waals surface area contributed by atoms with Gasteiger partial charge in [-0.1, -0.05) is 46.5 Å². The summed E-state index contributed by atoms with van der Waals surface area (Å²) in [6.07, 6.45) is 4.52. The molecule has 0 aliphatic heterocycles. The van der Waals surface area contributed by atoms with E-state index in [9.17, 15) is 19.5 Å². The molecule has 2 atom stereocenters. The Bertz CT molecular complexity index is 484. The molecule has 0 spiro atoms. The van der Waals surface area contributed by atoms with E-state index in [2.05, 4.69) is 0 Å². The fourth-order valence-corrected chi connectivity index (χ4v) is 3.40. The van der Waals surface area contributed by atoms with Crippen molar-refractivity contribution in [3.63, 3.8) is 0 Å². The number of ether oxygens (including phenoxy) is 2. The van der Waals surface area contributed by atoms with Crippen molar-refractivity contribution in [2.45, 2.75) is 90.9 Å². The minimum absolute atomic E-state index is 0.161. The van der Waals surface area contributed by atoms with Gasteiger partial charge in [0.05, 0.1) is 6.42 Å². The van der Waals surface area contributed by atoms with E-state index >= 15 is 0 Å². The lowest BCUT2D eigenvalue weighted by Crippen LogP contribution is -2.51. The Morgan fingerprint density at radius 1 is 1.12 bits per heavy atom. The molecule has 0 bridgehead atoms. The number of esters is 2. The van der Waals surface area contributed by atoms with Gasteiger partial charge in [-0.25, -0.2) is 0 Å². The molecule has 1 saturated carbocycles. The zero-order valence-electron chi connectivity index (χ0n) is 16.2. The molecule has 3 N–H and O–H groups in total. The van der Waals surface area contributed by atoms with Gasteiger partial charge in [0.25, 0.3) is 0 Å². The average Bonchev–Trinajstić information content (AvgIpc) is 2.58. The van der Waals surface area contributed by atoms with Crippen LogP contribution in [0.3, 0.4) is 0 Å². The van der Waals surface area contributed by atoms with Crippen LogP contribution in [-0.4, -0.2) is 35.3 Å². The van der Waals surface area contributed by atoms with Gasteiger partial charge in [-0.2, -0.15) is 0 Å². The standard InChI is InChI=1S/C19H33NO6/c1-4-5-9-15(23)25-18(13(2)3)26-17(24)16(20)19(12-14(21)22)10-7-6-8-11-19/h13,16,18H,4-12,20H2,1-3H3,(H,21,22)/t16?,18-/m1/s1. The number of rotatable bonds is 10. The monoisotopic (exact) mass is 371 g/mol. The number of aliphatic carboxylic acids is 1. The van der Waals surface area contributed by atoms with E-state index in [1.807, 2.05) is 6.92 Å². The summed E-state index contributed by atoms with van der Waals surface area (Å²) in [5, 5.41) is 9.26. The number of carbonyl (C=O) groups excluding carboxylic acids is 2. The van der Waals surface area contributed by atoms with Gasteiger partial charge in [0.2, 0.25) is 6.29 Å². The summed E-state index contributed by atoms with van der Waals surface area (Å²) in [6.45, 7) is 5.53. The van der Waals surface area contributed by atoms with Crippen molar-refractivity contribution in [2.75, 3.05) is 0 Å². The van der Waals surface area contributed by atoms with Crippen molar-refractivity contribution in [1.82, 2.24) is 0 Å². The molecule has 0 heterocycles. The van der Waals surface area contributed by atoms with Crippen molar-refractivity contribution in [3.05, 3.63) is 0 Å². The maximum absolute atomic E-state index is 12.6. The van der Waals surface area contributed by atoms with Crippen LogP contribution in [-0.2, 0) is 23.9 Å². The fourth-order valence-electron chi connectivity index (χ4n) is 3.40. The van der Waals surface area contributed by atoms with E-state index in [4.69, 9.17) is 15.2 Å². The summed E-state index contributed by atoms with van der Waals surface area (Å²) in [5.41, 5.74) is 5.36. The van der Waals surface area contributed by atoms with Crippen LogP contribution in [0.25, 0.3) is 0 Å². The predicted molar refractivity (Wildman–Crippen MR) is 96.1 cm³/mol. The van der Waals surface area contributed by atoms with Crippen molar-refractivity contribution < 1.29 is 29.0 Å². The number of unbranched alkanes of at least 4 members (excludes halogenated alkanes) is 1. The topological polar surface area (TPSA) is 116 Å². The average molecular weight is 371 g/mol. The van der Waals surface area contributed by atoms with Gasteiger partial charge in [-0.15, -0.1) is 0 Å². The van der Waals surface area contributed by atoms with Crippen LogP contribution in [0.4, 0.5) is 0 Å². The first-order chi connectivity index (χ1) is 12.2. The highest BCUT2D eigenvalue weighted by Crippen LogP contribution is 2.42. The van der Waals surface area contributed by atoms with Gasteiger partial charge in [-0.05, 0) is 19.3 Å². The molecule has 1 aliphatic rings. The first-order valence-electron chi connectivity index (χ1n) is 9.59. The van der Waals surface area contributed by atoms with E-state index < -0.39 is 35.7 Å². The van der Waals surface area contributed by atoms with Crippen LogP contribution in [0.2, 0.25) is 0 Å². The molecule has 1 unspecified atom stereocenters. The zero-order chi connectivity index (χ0) is 19.7. The first kappa shape index (κ1) is 22.4. The van der Waals surface area contributed by atoms with Crippen LogP contribution < -0.4 is 5.73 Å². The summed E-state index contributed by atoms with van der Waals surface area (Å²) in [5.74, 6) is -2.31. The lowest BCUT2D eigenvalue weighted by Gasteiger charge is -2.40. The van der Waals surface area contributed by atoms with Gasteiger partial charge < -0.3 is 20.3 Å². The molecule has 1 aliphatic carbocycles. The summed E-state index contributed by atoms with van der Waals surface area (Å²) >= 11 is 0. The third-order valence-corrected chi connectivity index (χ3v) is 5.02. The molecule has 0 amide bonds. The van der Waals surface area contributed by atoms with Crippen LogP contribution in [0, 0.1) is 11.3 Å². The van der Waals surface area contributed by atoms with Gasteiger partial charge in [0.15, 0.2) is 0 Å². The van der Waals surface area contributed by atoms with Crippen molar-refractivity contribution in [2.24, 2.45) is 17.1 Å². The second kappa shape index (κ2) is 10.5. The Morgan fingerprint density at radius 2 is 1.73 bits per heavy atom. The third-order valence-electron chi connectivity index (χ3n) is 5.02. The summed E-state index contributed by atoms with van der Waals surface area (Å²) in [6, 6.07) is -1.05. The molecular weight excluding hydrogens is 338 g/mol. The van der Waals surface area contributed by atoms with Crippen LogP contribution in [0.5, 0.6) is 0 Å². The third kappa shape index (κ3) is 6.59. The molecule has 0 saturated heterocycles. The molecule has 1 rings (SSSR count). The van der Waals surface area contributed by atoms with Gasteiger partial charge in [-0.3, -0.25) is 14.4 Å². The van der Waals surface area contributed by atoms with Crippen LogP contribution in [0.15, 0.2) is 0 Å². The minimum atomic E-state index is -1.05. The SMILES string of the molecule is CCCCC(=O)O[C@H](OC(=O)C(N)C1(CC(=O)O)CCCCC1)C(C)C. The molecule has 0 aromatic heterocycles. The Balaban J connectivity index is 2.79. The Hall–Kier alpha value is -1.63. The van der Waals surface area contributed by atoms with Crippen LogP contribution in [0.1, 0.15) is 78.6 Å². The van der Waals surface area contributed by atoms with Gasteiger partial charge >= 0.3 is 17.9 Å². The number of nitrogens with two attached hydrogens (primary N) is 1. The quantitative estimate of drug-likeness (QED) is 0.448. The van der Waals surface area contributed by atoms with E-state index in [1.54, 1.807) is 13.8 Å². The van der Waals surface area contributed by atoms with E-state index in [1.165, 1.54) is 0 Å². The van der Waals surface area contributed by atoms with Gasteiger partial charge in [0.1, 0.15) is 6.04 Å². The highest BCUT2D eigenvalue weighted by molar-refractivity contribution is 5.79. The van der Waals surface area contributed by atoms with Gasteiger partial charge in [0, 0.05) is 17.8 Å². The predicted octanol–water partition coefficient (Wildman–Crippen LogP) is 3.00. The highest BCUT2D eigenvalue weighted by atomic mass is 16.7. The van der Waals surface area contributed by atoms with Crippen LogP contribution >= 0.6 is 0 Å². The Kier molecular flexibility index (Phi) is 9.05. The summed E-state index contributed by atoms with van der Waals surface area (Å²) in [7, 11) is 0. The number of carbonyl (C=O) groups is 3. The summed E-state index contributed by atoms with van der Waals surface area (Å²) in [4.78, 5) is 35.8. The molecule has 1 fully saturated rings. The number of hydrogen-bond acceptors (Lipinski definition) is 6. The molecule has 7 heteroatoms. The molecular formula is C19H33NO6. The molecule has 150 valence electrons. The van der Waals surface area contributed by atoms with Crippen molar-refractivity contribution in [1.29, 1.82) is 0 Å². The molecule has 0 radical (unpaired) electrons. The normalized spacial score (nSPS) is 18.8. The minimum Gasteiger partial charge on any atom is -0.481 e. The molecule has 0 aromatic carbocycles. The van der Waals surface area contributed by atoms with E-state index in [-0.39, 0.29) is 18.8 Å². The maximum atomic E-state index is 12.6. The van der Waals surface area contributed by atoms with E-state index in [0.717, 1.165) is 25.7 Å². The number of carboxylic acids is 1. The first-order valence-corrected chi connectivity index (χ1v) is 9.59.